The fraction of sp³-hybridized carbons (Fsp3) is 0.455. The van der Waals surface area contributed by atoms with Gasteiger partial charge in [0, 0.05) is 24.0 Å². The Balaban J connectivity index is 2.36. The first-order valence-corrected chi connectivity index (χ1v) is 6.27. The summed E-state index contributed by atoms with van der Waals surface area (Å²) >= 11 is 1.30. The fourth-order valence-corrected chi connectivity index (χ4v) is 2.88. The van der Waals surface area contributed by atoms with Crippen molar-refractivity contribution in [1.29, 1.82) is 0 Å². The van der Waals surface area contributed by atoms with Crippen LogP contribution < -0.4 is 4.90 Å². The smallest absolute Gasteiger partial charge is 0.304 e. The predicted octanol–water partition coefficient (Wildman–Crippen LogP) is 2.48. The number of hydrogen-bond acceptors (Lipinski definition) is 5. The van der Waals surface area contributed by atoms with Crippen molar-refractivity contribution in [2.24, 2.45) is 0 Å². The van der Waals surface area contributed by atoms with Crippen LogP contribution >= 0.6 is 11.3 Å². The second-order valence-corrected chi connectivity index (χ2v) is 5.04. The minimum absolute atomic E-state index is 0.0983. The molecule has 1 N–H and O–H groups in total. The lowest BCUT2D eigenvalue weighted by Gasteiger charge is -2.23. The number of rotatable bonds is 3. The molecule has 0 bridgehead atoms. The van der Waals surface area contributed by atoms with Gasteiger partial charge in [-0.3, -0.25) is 10.1 Å². The van der Waals surface area contributed by atoms with Gasteiger partial charge in [-0.25, -0.2) is 0 Å². The molecule has 0 spiro atoms. The molecule has 0 radical (unpaired) electrons. The molecule has 2 rings (SSSR count). The van der Waals surface area contributed by atoms with E-state index >= 15 is 0 Å². The highest BCUT2D eigenvalue weighted by Gasteiger charge is 2.25. The van der Waals surface area contributed by atoms with Crippen molar-refractivity contribution in [3.05, 3.63) is 33.2 Å². The van der Waals surface area contributed by atoms with Gasteiger partial charge in [0.05, 0.1) is 11.0 Å². The average Bonchev–Trinajstić information content (AvgIpc) is 2.75. The minimum atomic E-state index is -0.659. The molecule has 92 valence electrons. The molecule has 1 atom stereocenters. The number of hydrogen-bond donors (Lipinski definition) is 1. The second kappa shape index (κ2) is 4.85. The molecule has 0 saturated carbocycles. The van der Waals surface area contributed by atoms with Gasteiger partial charge in [-0.05, 0) is 13.3 Å². The van der Waals surface area contributed by atoms with E-state index in [1.165, 1.54) is 17.4 Å². The van der Waals surface area contributed by atoms with Crippen LogP contribution in [0.15, 0.2) is 18.2 Å². The van der Waals surface area contributed by atoms with E-state index < -0.39 is 6.10 Å². The summed E-state index contributed by atoms with van der Waals surface area (Å²) in [6, 6.07) is 1.48. The van der Waals surface area contributed by atoms with Crippen molar-refractivity contribution < 1.29 is 10.0 Å². The molecule has 0 aromatic carbocycles. The Morgan fingerprint density at radius 1 is 1.59 bits per heavy atom. The fourth-order valence-electron chi connectivity index (χ4n) is 1.78. The Bertz CT molecular complexity index is 454. The number of nitro groups is 1. The summed E-state index contributed by atoms with van der Waals surface area (Å²) in [6.45, 7) is 3.10. The topological polar surface area (TPSA) is 66.6 Å². The van der Waals surface area contributed by atoms with E-state index in [2.05, 4.69) is 6.08 Å². The van der Waals surface area contributed by atoms with Gasteiger partial charge in [0.25, 0.3) is 0 Å². The third kappa shape index (κ3) is 2.48. The number of aliphatic hydroxyl groups excluding tert-OH is 1. The maximum atomic E-state index is 11.0. The molecular weight excluding hydrogens is 240 g/mol. The molecule has 2 heterocycles. The van der Waals surface area contributed by atoms with Gasteiger partial charge in [0.2, 0.25) is 0 Å². The van der Waals surface area contributed by atoms with Crippen LogP contribution in [0.3, 0.4) is 0 Å². The number of anilines is 1. The lowest BCUT2D eigenvalue weighted by atomic mass is 10.2. The summed E-state index contributed by atoms with van der Waals surface area (Å²) in [7, 11) is 0. The normalized spacial score (nSPS) is 17.2. The van der Waals surface area contributed by atoms with Crippen molar-refractivity contribution in [3.63, 3.8) is 0 Å². The summed E-state index contributed by atoms with van der Waals surface area (Å²) in [5.74, 6) is 0. The van der Waals surface area contributed by atoms with Crippen molar-refractivity contribution >= 4 is 22.0 Å². The molecule has 0 aliphatic carbocycles. The van der Waals surface area contributed by atoms with Crippen LogP contribution in [-0.4, -0.2) is 23.1 Å². The lowest BCUT2D eigenvalue weighted by Crippen LogP contribution is -2.26. The van der Waals surface area contributed by atoms with Gasteiger partial charge < -0.3 is 10.0 Å². The molecular formula is C11H14N2O3S. The van der Waals surface area contributed by atoms with Gasteiger partial charge >= 0.3 is 5.69 Å². The maximum absolute atomic E-state index is 11.0. The van der Waals surface area contributed by atoms with E-state index in [0.29, 0.717) is 16.4 Å². The zero-order chi connectivity index (χ0) is 12.4. The Kier molecular flexibility index (Phi) is 3.44. The molecule has 0 amide bonds. The van der Waals surface area contributed by atoms with E-state index in [4.69, 9.17) is 0 Å². The monoisotopic (exact) mass is 254 g/mol. The summed E-state index contributed by atoms with van der Waals surface area (Å²) < 4.78 is 0. The summed E-state index contributed by atoms with van der Waals surface area (Å²) in [5.41, 5.74) is 0.0983. The SMILES string of the molecule is C[C@H](O)c1cc([N+](=O)[O-])c(N2CC=CCC2)s1. The molecule has 0 fully saturated rings. The molecule has 1 aromatic rings. The van der Waals surface area contributed by atoms with E-state index in [-0.39, 0.29) is 10.6 Å². The van der Waals surface area contributed by atoms with Crippen LogP contribution in [0.5, 0.6) is 0 Å². The van der Waals surface area contributed by atoms with Crippen LogP contribution in [0.25, 0.3) is 0 Å². The quantitative estimate of drug-likeness (QED) is 0.511. The standard InChI is InChI=1S/C11H14N2O3S/c1-8(14)10-7-9(13(15)16)11(17-10)12-5-3-2-4-6-12/h2-3,7-8,14H,4-6H2,1H3/t8-/m0/s1. The highest BCUT2D eigenvalue weighted by atomic mass is 32.1. The Morgan fingerprint density at radius 2 is 2.35 bits per heavy atom. The second-order valence-electron chi connectivity index (χ2n) is 3.98. The number of aliphatic hydroxyl groups is 1. The predicted molar refractivity (Wildman–Crippen MR) is 67.6 cm³/mol. The summed E-state index contributed by atoms with van der Waals surface area (Å²) in [6.07, 6.45) is 4.33. The first kappa shape index (κ1) is 12.1. The van der Waals surface area contributed by atoms with Gasteiger partial charge in [0.1, 0.15) is 0 Å². The zero-order valence-corrected chi connectivity index (χ0v) is 10.3. The van der Waals surface area contributed by atoms with Crippen LogP contribution in [0, 0.1) is 10.1 Å². The Labute approximate surface area is 103 Å². The Hall–Kier alpha value is -1.40. The Morgan fingerprint density at radius 3 is 2.88 bits per heavy atom. The highest BCUT2D eigenvalue weighted by Crippen LogP contribution is 2.40. The van der Waals surface area contributed by atoms with Crippen LogP contribution in [0.4, 0.5) is 10.7 Å². The van der Waals surface area contributed by atoms with Crippen molar-refractivity contribution in [1.82, 2.24) is 0 Å². The lowest BCUT2D eigenvalue weighted by molar-refractivity contribution is -0.383. The molecule has 17 heavy (non-hydrogen) atoms. The molecule has 0 saturated heterocycles. The van der Waals surface area contributed by atoms with Gasteiger partial charge in [0.15, 0.2) is 5.00 Å². The van der Waals surface area contributed by atoms with Crippen LogP contribution in [0.1, 0.15) is 24.3 Å². The first-order chi connectivity index (χ1) is 8.09. The van der Waals surface area contributed by atoms with Gasteiger partial charge in [-0.15, -0.1) is 11.3 Å². The molecule has 6 heteroatoms. The minimum Gasteiger partial charge on any atom is -0.388 e. The molecule has 1 aliphatic heterocycles. The largest absolute Gasteiger partial charge is 0.388 e. The summed E-state index contributed by atoms with van der Waals surface area (Å²) in [5, 5.41) is 21.1. The molecule has 1 aliphatic rings. The molecule has 1 aromatic heterocycles. The van der Waals surface area contributed by atoms with Crippen molar-refractivity contribution in [3.8, 4) is 0 Å². The van der Waals surface area contributed by atoms with Gasteiger partial charge in [-0.1, -0.05) is 12.2 Å². The average molecular weight is 254 g/mol. The van der Waals surface area contributed by atoms with E-state index in [1.54, 1.807) is 6.92 Å². The first-order valence-electron chi connectivity index (χ1n) is 5.45. The van der Waals surface area contributed by atoms with E-state index in [1.807, 2.05) is 11.0 Å². The zero-order valence-electron chi connectivity index (χ0n) is 9.50. The molecule has 5 nitrogen and oxygen atoms in total. The third-order valence-corrected chi connectivity index (χ3v) is 4.02. The number of nitrogens with zero attached hydrogens (tertiary/aromatic N) is 2. The summed E-state index contributed by atoms with van der Waals surface area (Å²) in [4.78, 5) is 13.2. The van der Waals surface area contributed by atoms with Crippen molar-refractivity contribution in [2.45, 2.75) is 19.4 Å². The van der Waals surface area contributed by atoms with E-state index in [9.17, 15) is 15.2 Å². The maximum Gasteiger partial charge on any atom is 0.304 e. The number of thiophene rings is 1. The molecule has 0 unspecified atom stereocenters. The van der Waals surface area contributed by atoms with Crippen LogP contribution in [-0.2, 0) is 0 Å². The highest BCUT2D eigenvalue weighted by molar-refractivity contribution is 7.16. The van der Waals surface area contributed by atoms with Crippen molar-refractivity contribution in [2.75, 3.05) is 18.0 Å². The van der Waals surface area contributed by atoms with E-state index in [0.717, 1.165) is 13.0 Å². The van der Waals surface area contributed by atoms with Crippen LogP contribution in [0.2, 0.25) is 0 Å². The third-order valence-electron chi connectivity index (χ3n) is 2.67. The van der Waals surface area contributed by atoms with Gasteiger partial charge in [-0.2, -0.15) is 0 Å².